The molecule has 1 aromatic rings. The van der Waals surface area contributed by atoms with Gasteiger partial charge in [-0.3, -0.25) is 9.69 Å². The first-order valence-corrected chi connectivity index (χ1v) is 6.24. The fraction of sp³-hybridized carbons (Fsp3) is 0.500. The second-order valence-electron chi connectivity index (χ2n) is 4.77. The lowest BCUT2D eigenvalue weighted by molar-refractivity contribution is 0.0740. The van der Waals surface area contributed by atoms with E-state index >= 15 is 0 Å². The van der Waals surface area contributed by atoms with Crippen molar-refractivity contribution in [2.24, 2.45) is 0 Å². The summed E-state index contributed by atoms with van der Waals surface area (Å²) in [5, 5.41) is 0. The third-order valence-corrected chi connectivity index (χ3v) is 3.10. The zero-order valence-electron chi connectivity index (χ0n) is 10.6. The first kappa shape index (κ1) is 13.2. The first-order valence-electron chi connectivity index (χ1n) is 6.24. The molecule has 3 nitrogen and oxygen atoms in total. The van der Waals surface area contributed by atoms with Crippen LogP contribution in [-0.2, 0) is 4.74 Å². The van der Waals surface area contributed by atoms with Crippen LogP contribution in [0.25, 0.3) is 0 Å². The maximum atomic E-state index is 13.0. The number of Topliss-reactive ketones (excluding diaryl/α,β-unsaturated/α-hetero) is 1. The van der Waals surface area contributed by atoms with Gasteiger partial charge in [-0.1, -0.05) is 12.1 Å². The van der Waals surface area contributed by atoms with Crippen molar-refractivity contribution in [3.05, 3.63) is 35.6 Å². The molecule has 1 fully saturated rings. The molecular formula is C14H18FNO2. The van der Waals surface area contributed by atoms with Gasteiger partial charge in [0.25, 0.3) is 0 Å². The molecule has 0 amide bonds. The Balaban J connectivity index is 1.86. The average molecular weight is 251 g/mol. The Hall–Kier alpha value is -1.26. The minimum absolute atomic E-state index is 0.0602. The lowest BCUT2D eigenvalue weighted by Gasteiger charge is -2.19. The molecule has 18 heavy (non-hydrogen) atoms. The molecule has 1 aliphatic rings. The monoisotopic (exact) mass is 251 g/mol. The largest absolute Gasteiger partial charge is 0.377 e. The summed E-state index contributed by atoms with van der Waals surface area (Å²) in [6.07, 6.45) is 2.38. The van der Waals surface area contributed by atoms with Gasteiger partial charge < -0.3 is 4.74 Å². The number of likely N-dealkylation sites (N-methyl/N-ethyl adjacent to an activating group) is 1. The minimum Gasteiger partial charge on any atom is -0.377 e. The van der Waals surface area contributed by atoms with Gasteiger partial charge in [-0.2, -0.15) is 0 Å². The van der Waals surface area contributed by atoms with Gasteiger partial charge >= 0.3 is 0 Å². The number of halogens is 1. The first-order chi connectivity index (χ1) is 8.65. The average Bonchev–Trinajstić information content (AvgIpc) is 2.81. The molecule has 0 N–H and O–H groups in total. The second kappa shape index (κ2) is 6.07. The van der Waals surface area contributed by atoms with Crippen LogP contribution in [-0.4, -0.2) is 43.5 Å². The van der Waals surface area contributed by atoms with E-state index in [-0.39, 0.29) is 17.7 Å². The second-order valence-corrected chi connectivity index (χ2v) is 4.77. The highest BCUT2D eigenvalue weighted by molar-refractivity contribution is 5.97. The number of hydrogen-bond acceptors (Lipinski definition) is 3. The summed E-state index contributed by atoms with van der Waals surface area (Å²) >= 11 is 0. The normalized spacial score (nSPS) is 19.4. The van der Waals surface area contributed by atoms with Crippen LogP contribution >= 0.6 is 0 Å². The number of carbonyl (C=O) groups is 1. The van der Waals surface area contributed by atoms with Crippen molar-refractivity contribution in [2.45, 2.75) is 18.9 Å². The Labute approximate surface area is 107 Å². The highest BCUT2D eigenvalue weighted by atomic mass is 19.1. The van der Waals surface area contributed by atoms with Crippen LogP contribution in [0.15, 0.2) is 24.3 Å². The summed E-state index contributed by atoms with van der Waals surface area (Å²) in [6.45, 7) is 1.86. The van der Waals surface area contributed by atoms with E-state index in [0.717, 1.165) is 26.0 Å². The van der Waals surface area contributed by atoms with E-state index in [4.69, 9.17) is 4.74 Å². The molecule has 98 valence electrons. The number of nitrogens with zero attached hydrogens (tertiary/aromatic N) is 1. The SMILES string of the molecule is CN(CC(=O)c1cccc(F)c1)CC1CCCO1. The van der Waals surface area contributed by atoms with Crippen molar-refractivity contribution in [3.63, 3.8) is 0 Å². The summed E-state index contributed by atoms with van der Waals surface area (Å²) in [5.74, 6) is -0.433. The Bertz CT molecular complexity index is 416. The van der Waals surface area contributed by atoms with E-state index in [2.05, 4.69) is 0 Å². The van der Waals surface area contributed by atoms with Crippen LogP contribution in [0.4, 0.5) is 4.39 Å². The van der Waals surface area contributed by atoms with Crippen molar-refractivity contribution < 1.29 is 13.9 Å². The molecule has 4 heteroatoms. The summed E-state index contributed by atoms with van der Waals surface area (Å²) in [4.78, 5) is 13.9. The summed E-state index contributed by atoms with van der Waals surface area (Å²) in [6, 6.07) is 5.82. The summed E-state index contributed by atoms with van der Waals surface area (Å²) in [7, 11) is 1.89. The number of hydrogen-bond donors (Lipinski definition) is 0. The van der Waals surface area contributed by atoms with Crippen LogP contribution < -0.4 is 0 Å². The van der Waals surface area contributed by atoms with E-state index in [9.17, 15) is 9.18 Å². The van der Waals surface area contributed by atoms with Gasteiger partial charge in [0.15, 0.2) is 5.78 Å². The molecule has 1 aromatic carbocycles. The topological polar surface area (TPSA) is 29.5 Å². The highest BCUT2D eigenvalue weighted by Gasteiger charge is 2.19. The van der Waals surface area contributed by atoms with Crippen molar-refractivity contribution in [3.8, 4) is 0 Å². The van der Waals surface area contributed by atoms with Crippen LogP contribution in [0.2, 0.25) is 0 Å². The lowest BCUT2D eigenvalue weighted by Crippen LogP contribution is -2.33. The summed E-state index contributed by atoms with van der Waals surface area (Å²) < 4.78 is 18.5. The molecule has 1 atom stereocenters. The predicted octanol–water partition coefficient (Wildman–Crippen LogP) is 2.12. The van der Waals surface area contributed by atoms with Gasteiger partial charge in [0, 0.05) is 18.7 Å². The minimum atomic E-state index is -0.373. The zero-order chi connectivity index (χ0) is 13.0. The zero-order valence-corrected chi connectivity index (χ0v) is 10.6. The molecule has 0 spiro atoms. The van der Waals surface area contributed by atoms with Crippen molar-refractivity contribution in [1.82, 2.24) is 4.90 Å². The Morgan fingerprint density at radius 2 is 2.39 bits per heavy atom. The maximum absolute atomic E-state index is 13.0. The maximum Gasteiger partial charge on any atom is 0.176 e. The Morgan fingerprint density at radius 1 is 1.56 bits per heavy atom. The fourth-order valence-electron chi connectivity index (χ4n) is 2.20. The molecule has 0 saturated carbocycles. The van der Waals surface area contributed by atoms with E-state index in [1.807, 2.05) is 11.9 Å². The fourth-order valence-corrected chi connectivity index (χ4v) is 2.20. The van der Waals surface area contributed by atoms with Crippen LogP contribution in [0, 0.1) is 5.82 Å². The number of ether oxygens (including phenoxy) is 1. The molecule has 0 radical (unpaired) electrons. The molecule has 0 aliphatic carbocycles. The number of carbonyl (C=O) groups excluding carboxylic acids is 1. The van der Waals surface area contributed by atoms with Crippen molar-refractivity contribution in [2.75, 3.05) is 26.7 Å². The van der Waals surface area contributed by atoms with E-state index in [1.165, 1.54) is 12.1 Å². The molecular weight excluding hydrogens is 233 g/mol. The number of benzene rings is 1. The van der Waals surface area contributed by atoms with E-state index in [0.29, 0.717) is 12.1 Å². The third kappa shape index (κ3) is 3.62. The Kier molecular flexibility index (Phi) is 4.44. The molecule has 1 saturated heterocycles. The van der Waals surface area contributed by atoms with Gasteiger partial charge in [-0.05, 0) is 32.0 Å². The third-order valence-electron chi connectivity index (χ3n) is 3.10. The van der Waals surface area contributed by atoms with Gasteiger partial charge in [-0.25, -0.2) is 4.39 Å². The number of rotatable bonds is 5. The van der Waals surface area contributed by atoms with Crippen molar-refractivity contribution in [1.29, 1.82) is 0 Å². The number of ketones is 1. The van der Waals surface area contributed by atoms with Gasteiger partial charge in [0.1, 0.15) is 5.82 Å². The highest BCUT2D eigenvalue weighted by Crippen LogP contribution is 2.13. The lowest BCUT2D eigenvalue weighted by atomic mass is 10.1. The molecule has 0 aromatic heterocycles. The van der Waals surface area contributed by atoms with Crippen LogP contribution in [0.1, 0.15) is 23.2 Å². The van der Waals surface area contributed by atoms with Gasteiger partial charge in [0.05, 0.1) is 12.6 Å². The molecule has 0 bridgehead atoms. The van der Waals surface area contributed by atoms with Gasteiger partial charge in [-0.15, -0.1) is 0 Å². The summed E-state index contributed by atoms with van der Waals surface area (Å²) in [5.41, 5.74) is 0.425. The molecule has 1 heterocycles. The standard InChI is InChI=1S/C14H18FNO2/c1-16(9-13-6-3-7-18-13)10-14(17)11-4-2-5-12(15)8-11/h2,4-5,8,13H,3,6-7,9-10H2,1H3. The van der Waals surface area contributed by atoms with Crippen LogP contribution in [0.3, 0.4) is 0 Å². The quantitative estimate of drug-likeness (QED) is 0.751. The van der Waals surface area contributed by atoms with Crippen LogP contribution in [0.5, 0.6) is 0 Å². The Morgan fingerprint density at radius 3 is 3.06 bits per heavy atom. The van der Waals surface area contributed by atoms with E-state index in [1.54, 1.807) is 12.1 Å². The van der Waals surface area contributed by atoms with Crippen molar-refractivity contribution >= 4 is 5.78 Å². The van der Waals surface area contributed by atoms with Gasteiger partial charge in [0.2, 0.25) is 0 Å². The molecule has 2 rings (SSSR count). The predicted molar refractivity (Wildman–Crippen MR) is 67.2 cm³/mol. The van der Waals surface area contributed by atoms with E-state index < -0.39 is 0 Å². The smallest absolute Gasteiger partial charge is 0.176 e. The molecule has 1 unspecified atom stereocenters. The molecule has 1 aliphatic heterocycles.